The molecule has 1 aromatic carbocycles. The summed E-state index contributed by atoms with van der Waals surface area (Å²) in [5.41, 5.74) is 2.58. The van der Waals surface area contributed by atoms with Crippen LogP contribution in [0.15, 0.2) is 24.3 Å². The molecule has 0 saturated carbocycles. The zero-order valence-electron chi connectivity index (χ0n) is 13.2. The summed E-state index contributed by atoms with van der Waals surface area (Å²) in [6.45, 7) is 2.63. The number of allylic oxidation sites excluding steroid dienone is 1. The maximum absolute atomic E-state index is 10.0. The smallest absolute Gasteiger partial charge is 0.165 e. The van der Waals surface area contributed by atoms with E-state index in [2.05, 4.69) is 24.1 Å². The number of hydrogen-bond acceptors (Lipinski definition) is 4. The van der Waals surface area contributed by atoms with Gasteiger partial charge >= 0.3 is 0 Å². The standard InChI is InChI=1S/C18H23NO3/c1-19-8-7-18-6-5-14(20)9-13(18)11-22-17-15(21-2)4-3-12(10-19)16(17)18/h3-6,13-14,20H,7-11H2,1-2H3. The summed E-state index contributed by atoms with van der Waals surface area (Å²) in [4.78, 5) is 2.37. The summed E-state index contributed by atoms with van der Waals surface area (Å²) in [5.74, 6) is 2.06. The predicted molar refractivity (Wildman–Crippen MR) is 84.4 cm³/mol. The van der Waals surface area contributed by atoms with Gasteiger partial charge in [-0.1, -0.05) is 18.2 Å². The third-order valence-corrected chi connectivity index (χ3v) is 5.54. The average Bonchev–Trinajstić information content (AvgIpc) is 2.66. The van der Waals surface area contributed by atoms with Crippen molar-refractivity contribution in [1.29, 1.82) is 0 Å². The van der Waals surface area contributed by atoms with E-state index in [-0.39, 0.29) is 11.5 Å². The minimum Gasteiger partial charge on any atom is -0.493 e. The normalized spacial score (nSPS) is 33.4. The first-order chi connectivity index (χ1) is 10.6. The van der Waals surface area contributed by atoms with E-state index in [0.717, 1.165) is 37.4 Å². The number of methoxy groups -OCH3 is 1. The van der Waals surface area contributed by atoms with Crippen LogP contribution < -0.4 is 9.47 Å². The molecular weight excluding hydrogens is 278 g/mol. The number of aliphatic hydroxyl groups is 1. The highest BCUT2D eigenvalue weighted by atomic mass is 16.5. The molecule has 0 fully saturated rings. The zero-order valence-corrected chi connectivity index (χ0v) is 13.2. The van der Waals surface area contributed by atoms with E-state index in [1.165, 1.54) is 11.1 Å². The van der Waals surface area contributed by atoms with Gasteiger partial charge < -0.3 is 19.5 Å². The summed E-state index contributed by atoms with van der Waals surface area (Å²) in [6, 6.07) is 4.19. The molecule has 4 rings (SSSR count). The molecule has 3 unspecified atom stereocenters. The molecule has 0 bridgehead atoms. The topological polar surface area (TPSA) is 41.9 Å². The molecule has 118 valence electrons. The van der Waals surface area contributed by atoms with Crippen molar-refractivity contribution < 1.29 is 14.6 Å². The van der Waals surface area contributed by atoms with Gasteiger partial charge in [0.15, 0.2) is 11.5 Å². The lowest BCUT2D eigenvalue weighted by molar-refractivity contribution is 0.0808. The summed E-state index contributed by atoms with van der Waals surface area (Å²) < 4.78 is 11.6. The first kappa shape index (κ1) is 14.1. The van der Waals surface area contributed by atoms with Crippen molar-refractivity contribution >= 4 is 0 Å². The molecule has 1 N–H and O–H groups in total. The number of rotatable bonds is 1. The average molecular weight is 301 g/mol. The fourth-order valence-corrected chi connectivity index (χ4v) is 4.40. The van der Waals surface area contributed by atoms with Crippen molar-refractivity contribution in [2.45, 2.75) is 30.9 Å². The Kier molecular flexibility index (Phi) is 3.20. The number of hydrogen-bond donors (Lipinski definition) is 1. The highest BCUT2D eigenvalue weighted by molar-refractivity contribution is 5.58. The van der Waals surface area contributed by atoms with Crippen molar-refractivity contribution in [2.24, 2.45) is 5.92 Å². The maximum atomic E-state index is 10.0. The lowest BCUT2D eigenvalue weighted by atomic mass is 9.62. The van der Waals surface area contributed by atoms with Crippen molar-refractivity contribution in [3.05, 3.63) is 35.4 Å². The fraction of sp³-hybridized carbons (Fsp3) is 0.556. The minimum absolute atomic E-state index is 0.0263. The Morgan fingerprint density at radius 2 is 2.27 bits per heavy atom. The van der Waals surface area contributed by atoms with E-state index in [9.17, 15) is 5.11 Å². The van der Waals surface area contributed by atoms with Gasteiger partial charge in [0.1, 0.15) is 0 Å². The largest absolute Gasteiger partial charge is 0.493 e. The van der Waals surface area contributed by atoms with Crippen molar-refractivity contribution in [2.75, 3.05) is 27.3 Å². The summed E-state index contributed by atoms with van der Waals surface area (Å²) in [5, 5.41) is 10.0. The number of benzene rings is 1. The monoisotopic (exact) mass is 301 g/mol. The molecule has 3 aliphatic rings. The van der Waals surface area contributed by atoms with Crippen LogP contribution in [0.2, 0.25) is 0 Å². The van der Waals surface area contributed by atoms with Crippen LogP contribution in [0.1, 0.15) is 24.0 Å². The molecule has 4 nitrogen and oxygen atoms in total. The number of nitrogens with zero attached hydrogens (tertiary/aromatic N) is 1. The second-order valence-corrected chi connectivity index (χ2v) is 6.83. The highest BCUT2D eigenvalue weighted by Gasteiger charge is 2.49. The van der Waals surface area contributed by atoms with E-state index in [1.54, 1.807) is 7.11 Å². The van der Waals surface area contributed by atoms with Gasteiger partial charge in [0.05, 0.1) is 19.8 Å². The lowest BCUT2D eigenvalue weighted by Crippen LogP contribution is -2.45. The predicted octanol–water partition coefficient (Wildman–Crippen LogP) is 2.10. The molecule has 0 aromatic heterocycles. The van der Waals surface area contributed by atoms with Gasteiger partial charge in [-0.25, -0.2) is 0 Å². The summed E-state index contributed by atoms with van der Waals surface area (Å²) in [7, 11) is 3.87. The molecule has 0 saturated heterocycles. The molecule has 2 aliphatic heterocycles. The van der Waals surface area contributed by atoms with Crippen LogP contribution in [-0.4, -0.2) is 43.4 Å². The van der Waals surface area contributed by atoms with Crippen LogP contribution in [0.3, 0.4) is 0 Å². The van der Waals surface area contributed by atoms with Crippen LogP contribution >= 0.6 is 0 Å². The lowest BCUT2D eigenvalue weighted by Gasteiger charge is -2.46. The van der Waals surface area contributed by atoms with Crippen LogP contribution in [0, 0.1) is 5.92 Å². The molecule has 2 heterocycles. The first-order valence-corrected chi connectivity index (χ1v) is 8.03. The van der Waals surface area contributed by atoms with Crippen molar-refractivity contribution in [1.82, 2.24) is 4.90 Å². The Hall–Kier alpha value is -1.52. The van der Waals surface area contributed by atoms with E-state index in [0.29, 0.717) is 12.5 Å². The van der Waals surface area contributed by atoms with Crippen molar-refractivity contribution in [3.8, 4) is 11.5 Å². The number of aliphatic hydroxyl groups excluding tert-OH is 1. The van der Waals surface area contributed by atoms with Crippen molar-refractivity contribution in [3.63, 3.8) is 0 Å². The van der Waals surface area contributed by atoms with E-state index < -0.39 is 0 Å². The quantitative estimate of drug-likeness (QED) is 0.807. The molecule has 4 heteroatoms. The molecule has 22 heavy (non-hydrogen) atoms. The van der Waals surface area contributed by atoms with Gasteiger partial charge in [0, 0.05) is 23.4 Å². The third-order valence-electron chi connectivity index (χ3n) is 5.54. The van der Waals surface area contributed by atoms with Gasteiger partial charge in [-0.3, -0.25) is 0 Å². The molecule has 1 aliphatic carbocycles. The number of ether oxygens (including phenoxy) is 2. The third kappa shape index (κ3) is 1.90. The van der Waals surface area contributed by atoms with Gasteiger partial charge in [-0.15, -0.1) is 0 Å². The Morgan fingerprint density at radius 1 is 1.41 bits per heavy atom. The molecule has 1 aromatic rings. The Bertz CT molecular complexity index is 627. The Labute approximate surface area is 131 Å². The van der Waals surface area contributed by atoms with E-state index in [4.69, 9.17) is 9.47 Å². The summed E-state index contributed by atoms with van der Waals surface area (Å²) in [6.07, 6.45) is 5.70. The Balaban J connectivity index is 1.97. The van der Waals surface area contributed by atoms with Crippen LogP contribution in [0.25, 0.3) is 0 Å². The van der Waals surface area contributed by atoms with Gasteiger partial charge in [-0.2, -0.15) is 0 Å². The zero-order chi connectivity index (χ0) is 15.3. The molecule has 1 spiro atoms. The molecular formula is C18H23NO3. The molecule has 0 radical (unpaired) electrons. The fourth-order valence-electron chi connectivity index (χ4n) is 4.40. The van der Waals surface area contributed by atoms with E-state index >= 15 is 0 Å². The van der Waals surface area contributed by atoms with Crippen LogP contribution in [-0.2, 0) is 12.0 Å². The van der Waals surface area contributed by atoms with Crippen LogP contribution in [0.4, 0.5) is 0 Å². The van der Waals surface area contributed by atoms with Gasteiger partial charge in [0.2, 0.25) is 0 Å². The molecule has 3 atom stereocenters. The van der Waals surface area contributed by atoms with E-state index in [1.807, 2.05) is 12.1 Å². The second kappa shape index (κ2) is 5.00. The van der Waals surface area contributed by atoms with Gasteiger partial charge in [0.25, 0.3) is 0 Å². The van der Waals surface area contributed by atoms with Crippen LogP contribution in [0.5, 0.6) is 11.5 Å². The van der Waals surface area contributed by atoms with Gasteiger partial charge in [-0.05, 0) is 38.1 Å². The SMILES string of the molecule is COc1ccc2c3c1OCC1CC(O)C=CC31CCN(C)C2. The maximum Gasteiger partial charge on any atom is 0.165 e. The molecule has 0 amide bonds. The Morgan fingerprint density at radius 3 is 3.09 bits per heavy atom. The minimum atomic E-state index is -0.351. The summed E-state index contributed by atoms with van der Waals surface area (Å²) >= 11 is 0. The first-order valence-electron chi connectivity index (χ1n) is 8.03. The highest BCUT2D eigenvalue weighted by Crippen LogP contribution is 2.54. The second-order valence-electron chi connectivity index (χ2n) is 6.83.